The van der Waals surface area contributed by atoms with E-state index in [4.69, 9.17) is 0 Å². The zero-order valence-corrected chi connectivity index (χ0v) is 6.84. The summed E-state index contributed by atoms with van der Waals surface area (Å²) in [7, 11) is 2.66. The Morgan fingerprint density at radius 1 is 1.56 bits per heavy atom. The van der Waals surface area contributed by atoms with E-state index in [-0.39, 0.29) is 0 Å². The van der Waals surface area contributed by atoms with Crippen molar-refractivity contribution in [1.29, 1.82) is 0 Å². The maximum atomic E-state index is 4.19. The van der Waals surface area contributed by atoms with Crippen LogP contribution in [0.2, 0.25) is 0 Å². The molecule has 0 saturated carbocycles. The molecule has 0 aliphatic heterocycles. The van der Waals surface area contributed by atoms with Crippen molar-refractivity contribution < 1.29 is 0 Å². The van der Waals surface area contributed by atoms with Gasteiger partial charge in [-0.1, -0.05) is 8.58 Å². The van der Waals surface area contributed by atoms with Gasteiger partial charge in [0.2, 0.25) is 0 Å². The highest BCUT2D eigenvalue weighted by atomic mass is 31.1. The minimum Gasteiger partial charge on any atom is -0.249 e. The lowest BCUT2D eigenvalue weighted by molar-refractivity contribution is 0.777. The summed E-state index contributed by atoms with van der Waals surface area (Å²) in [6.07, 6.45) is 0. The lowest BCUT2D eigenvalue weighted by Gasteiger charge is -1.90. The van der Waals surface area contributed by atoms with Gasteiger partial charge in [-0.15, -0.1) is 0 Å². The molecule has 1 atom stereocenters. The van der Waals surface area contributed by atoms with Gasteiger partial charge in [0.15, 0.2) is 0 Å². The number of aryl methyl sites for hydroxylation is 2. The number of aromatic nitrogens is 3. The van der Waals surface area contributed by atoms with Crippen molar-refractivity contribution in [3.05, 3.63) is 5.82 Å². The summed E-state index contributed by atoms with van der Waals surface area (Å²) in [5.74, 6) is 0.863. The van der Waals surface area contributed by atoms with Crippen molar-refractivity contribution in [3.63, 3.8) is 0 Å². The van der Waals surface area contributed by atoms with Crippen LogP contribution in [0, 0.1) is 6.92 Å². The topological polar surface area (TPSA) is 30.7 Å². The molecule has 0 spiro atoms. The molecular weight excluding hydrogens is 133 g/mol. The second kappa shape index (κ2) is 2.44. The summed E-state index contributed by atoms with van der Waals surface area (Å²) in [5, 5.41) is 4.09. The van der Waals surface area contributed by atoms with E-state index in [1.165, 1.54) is 0 Å². The molecule has 0 radical (unpaired) electrons. The molecule has 3 nitrogen and oxygen atoms in total. The smallest absolute Gasteiger partial charge is 0.148 e. The van der Waals surface area contributed by atoms with Crippen molar-refractivity contribution in [2.75, 3.05) is 6.66 Å². The summed E-state index contributed by atoms with van der Waals surface area (Å²) in [6.45, 7) is 4.01. The highest BCUT2D eigenvalue weighted by Gasteiger charge is 1.97. The van der Waals surface area contributed by atoms with Crippen LogP contribution in [0.15, 0.2) is 0 Å². The van der Waals surface area contributed by atoms with Gasteiger partial charge in [-0.3, -0.25) is 0 Å². The fourth-order valence-corrected chi connectivity index (χ4v) is 1.38. The molecule has 50 valence electrons. The van der Waals surface area contributed by atoms with Crippen LogP contribution in [0.5, 0.6) is 0 Å². The van der Waals surface area contributed by atoms with Gasteiger partial charge in [-0.25, -0.2) is 9.67 Å². The van der Waals surface area contributed by atoms with E-state index < -0.39 is 0 Å². The van der Waals surface area contributed by atoms with E-state index in [0.29, 0.717) is 0 Å². The number of hydrogen-bond donors (Lipinski definition) is 0. The quantitative estimate of drug-likeness (QED) is 0.520. The molecule has 0 bridgehead atoms. The predicted octanol–water partition coefficient (Wildman–Crippen LogP) is 0.0571. The van der Waals surface area contributed by atoms with Gasteiger partial charge in [-0.2, -0.15) is 5.10 Å². The number of hydrogen-bond acceptors (Lipinski definition) is 2. The van der Waals surface area contributed by atoms with Crippen LogP contribution in [0.4, 0.5) is 0 Å². The monoisotopic (exact) mass is 143 g/mol. The Labute approximate surface area is 56.3 Å². The zero-order chi connectivity index (χ0) is 6.85. The minimum absolute atomic E-state index is 0.739. The van der Waals surface area contributed by atoms with Gasteiger partial charge in [0.05, 0.1) is 0 Å². The highest BCUT2D eigenvalue weighted by Crippen LogP contribution is 1.98. The molecule has 9 heavy (non-hydrogen) atoms. The van der Waals surface area contributed by atoms with E-state index in [1.807, 2.05) is 18.7 Å². The molecule has 0 aliphatic rings. The third kappa shape index (κ3) is 1.28. The number of nitrogens with zero attached hydrogens (tertiary/aromatic N) is 3. The van der Waals surface area contributed by atoms with Crippen LogP contribution >= 0.6 is 8.58 Å². The normalized spacial score (nSPS) is 11.4. The van der Waals surface area contributed by atoms with Crippen LogP contribution < -0.4 is 5.57 Å². The van der Waals surface area contributed by atoms with E-state index in [2.05, 4.69) is 16.7 Å². The summed E-state index contributed by atoms with van der Waals surface area (Å²) < 4.78 is 1.83. The summed E-state index contributed by atoms with van der Waals surface area (Å²) in [6, 6.07) is 0. The standard InChI is InChI=1S/C5H10N3P/c1-4-6-5(9-3)8(2)7-4/h9H,1-3H3. The molecule has 1 aromatic rings. The first-order valence-electron chi connectivity index (χ1n) is 2.79. The molecular formula is C5H10N3P. The molecule has 4 heteroatoms. The van der Waals surface area contributed by atoms with Gasteiger partial charge in [0.1, 0.15) is 11.4 Å². The molecule has 1 rings (SSSR count). The predicted molar refractivity (Wildman–Crippen MR) is 39.6 cm³/mol. The molecule has 0 fully saturated rings. The minimum atomic E-state index is 0.739. The molecule has 0 aliphatic carbocycles. The maximum Gasteiger partial charge on any atom is 0.148 e. The van der Waals surface area contributed by atoms with Crippen molar-refractivity contribution in [2.45, 2.75) is 6.92 Å². The second-order valence-electron chi connectivity index (χ2n) is 1.86. The Hall–Kier alpha value is -0.430. The SMILES string of the molecule is CPc1nc(C)nn1C. The second-order valence-corrected chi connectivity index (χ2v) is 2.80. The van der Waals surface area contributed by atoms with Crippen molar-refractivity contribution in [2.24, 2.45) is 7.05 Å². The molecule has 1 aromatic heterocycles. The molecule has 0 amide bonds. The molecule has 1 unspecified atom stereocenters. The van der Waals surface area contributed by atoms with E-state index in [0.717, 1.165) is 20.0 Å². The van der Waals surface area contributed by atoms with Gasteiger partial charge >= 0.3 is 0 Å². The molecule has 0 N–H and O–H groups in total. The first-order valence-corrected chi connectivity index (χ1v) is 4.29. The third-order valence-electron chi connectivity index (χ3n) is 1.09. The Kier molecular flexibility index (Phi) is 1.81. The summed E-state index contributed by atoms with van der Waals surface area (Å²) >= 11 is 0. The fraction of sp³-hybridized carbons (Fsp3) is 0.600. The summed E-state index contributed by atoms with van der Waals surface area (Å²) in [5.41, 5.74) is 1.08. The average molecular weight is 143 g/mol. The Morgan fingerprint density at radius 3 is 2.44 bits per heavy atom. The Bertz CT molecular complexity index is 206. The van der Waals surface area contributed by atoms with Gasteiger partial charge in [0, 0.05) is 7.05 Å². The lowest BCUT2D eigenvalue weighted by atomic mass is 10.8. The summed E-state index contributed by atoms with van der Waals surface area (Å²) in [4.78, 5) is 4.19. The Balaban J connectivity index is 3.01. The molecule has 0 aromatic carbocycles. The van der Waals surface area contributed by atoms with E-state index in [9.17, 15) is 0 Å². The van der Waals surface area contributed by atoms with Crippen LogP contribution in [-0.2, 0) is 7.05 Å². The fourth-order valence-electron chi connectivity index (χ4n) is 0.730. The molecule has 0 saturated heterocycles. The first-order chi connectivity index (χ1) is 4.24. The van der Waals surface area contributed by atoms with Crippen molar-refractivity contribution >= 4 is 14.1 Å². The maximum absolute atomic E-state index is 4.19. The van der Waals surface area contributed by atoms with Crippen LogP contribution in [0.3, 0.4) is 0 Å². The lowest BCUT2D eigenvalue weighted by Crippen LogP contribution is -2.09. The highest BCUT2D eigenvalue weighted by molar-refractivity contribution is 7.45. The largest absolute Gasteiger partial charge is 0.249 e. The third-order valence-corrected chi connectivity index (χ3v) is 1.98. The van der Waals surface area contributed by atoms with Gasteiger partial charge < -0.3 is 0 Å². The Morgan fingerprint density at radius 2 is 2.22 bits per heavy atom. The average Bonchev–Trinajstić information content (AvgIpc) is 2.10. The van der Waals surface area contributed by atoms with Gasteiger partial charge in [0.25, 0.3) is 0 Å². The zero-order valence-electron chi connectivity index (χ0n) is 5.84. The molecule has 1 heterocycles. The van der Waals surface area contributed by atoms with Crippen molar-refractivity contribution in [1.82, 2.24) is 14.8 Å². The van der Waals surface area contributed by atoms with E-state index in [1.54, 1.807) is 0 Å². The van der Waals surface area contributed by atoms with Crippen LogP contribution in [0.1, 0.15) is 5.82 Å². The van der Waals surface area contributed by atoms with E-state index >= 15 is 0 Å². The van der Waals surface area contributed by atoms with Crippen LogP contribution in [0.25, 0.3) is 0 Å². The van der Waals surface area contributed by atoms with Gasteiger partial charge in [-0.05, 0) is 13.6 Å². The van der Waals surface area contributed by atoms with Crippen LogP contribution in [-0.4, -0.2) is 21.4 Å². The van der Waals surface area contributed by atoms with Crippen molar-refractivity contribution in [3.8, 4) is 0 Å². The first kappa shape index (κ1) is 6.69. The number of rotatable bonds is 1.